The molecule has 0 aromatic carbocycles. The first kappa shape index (κ1) is 23.4. The van der Waals surface area contributed by atoms with E-state index < -0.39 is 49.0 Å². The molecule has 0 bridgehead atoms. The maximum absolute atomic E-state index is 13.3. The summed E-state index contributed by atoms with van der Waals surface area (Å²) in [5, 5.41) is 15.2. The molecule has 2 aromatic heterocycles. The van der Waals surface area contributed by atoms with Crippen molar-refractivity contribution in [1.29, 1.82) is 0 Å². The Bertz CT molecular complexity index is 951. The molecule has 2 N–H and O–H groups in total. The fraction of sp³-hybridized carbons (Fsp3) is 0.429. The zero-order valence-corrected chi connectivity index (χ0v) is 15.7. The summed E-state index contributed by atoms with van der Waals surface area (Å²) in [5.41, 5.74) is -2.18. The lowest BCUT2D eigenvalue weighted by atomic mass is 10.3. The number of allylic oxidation sites excluding steroid dienone is 1. The first-order valence-corrected chi connectivity index (χ1v) is 8.61. The molecule has 0 saturated heterocycles. The average molecular weight is 461 g/mol. The van der Waals surface area contributed by atoms with Gasteiger partial charge in [-0.15, -0.1) is 0 Å². The molecule has 166 valence electrons. The molecule has 0 aliphatic carbocycles. The number of nitrogens with one attached hydrogen (secondary N) is 1. The van der Waals surface area contributed by atoms with Crippen molar-refractivity contribution < 1.29 is 45.8 Å². The maximum atomic E-state index is 13.3. The third-order valence-electron chi connectivity index (χ3n) is 3.34. The standard InChI is InChI=1S/C14H13F6N5O4S/c1-29-6-8-23-25-7(9(14(18,19)20)22-11(25)30-8)5-24(12(27)28)10(26)21-4-2-3-13(15,16)17/h2-3H,4-6H2,1H3,(H,21,26)(H,27,28)/b3-2+. The molecule has 16 heteroatoms. The van der Waals surface area contributed by atoms with Crippen LogP contribution in [0.4, 0.5) is 35.9 Å². The monoisotopic (exact) mass is 461 g/mol. The smallest absolute Gasteiger partial charge is 0.435 e. The Labute approximate surface area is 167 Å². The number of carboxylic acid groups (broad SMARTS) is 1. The van der Waals surface area contributed by atoms with E-state index in [0.29, 0.717) is 6.08 Å². The second kappa shape index (κ2) is 8.86. The zero-order valence-electron chi connectivity index (χ0n) is 14.9. The van der Waals surface area contributed by atoms with Gasteiger partial charge in [-0.25, -0.2) is 24.0 Å². The van der Waals surface area contributed by atoms with E-state index in [9.17, 15) is 41.0 Å². The number of methoxy groups -OCH3 is 1. The summed E-state index contributed by atoms with van der Waals surface area (Å²) in [6.07, 6.45) is -11.2. The number of aromatic nitrogens is 3. The summed E-state index contributed by atoms with van der Waals surface area (Å²) in [6.45, 7) is -1.84. The Hall–Kier alpha value is -2.88. The van der Waals surface area contributed by atoms with Gasteiger partial charge >= 0.3 is 24.5 Å². The molecule has 0 aliphatic heterocycles. The van der Waals surface area contributed by atoms with Gasteiger partial charge in [0.25, 0.3) is 0 Å². The van der Waals surface area contributed by atoms with Crippen LogP contribution in [0.5, 0.6) is 0 Å². The van der Waals surface area contributed by atoms with Gasteiger partial charge in [0.15, 0.2) is 5.69 Å². The predicted octanol–water partition coefficient (Wildman–Crippen LogP) is 3.26. The highest BCUT2D eigenvalue weighted by molar-refractivity contribution is 7.16. The largest absolute Gasteiger partial charge is 0.465 e. The second-order valence-corrected chi connectivity index (χ2v) is 6.57. The number of urea groups is 1. The minimum Gasteiger partial charge on any atom is -0.465 e. The normalized spacial score (nSPS) is 12.6. The highest BCUT2D eigenvalue weighted by atomic mass is 32.1. The van der Waals surface area contributed by atoms with E-state index in [0.717, 1.165) is 15.9 Å². The molecule has 9 nitrogen and oxygen atoms in total. The highest BCUT2D eigenvalue weighted by Crippen LogP contribution is 2.34. The molecule has 2 aromatic rings. The minimum absolute atomic E-state index is 0.0323. The second-order valence-electron chi connectivity index (χ2n) is 5.53. The number of nitrogens with zero attached hydrogens (tertiary/aromatic N) is 4. The molecule has 2 heterocycles. The van der Waals surface area contributed by atoms with Crippen LogP contribution in [0.25, 0.3) is 4.96 Å². The Balaban J connectivity index is 2.32. The summed E-state index contributed by atoms with van der Waals surface area (Å²) in [7, 11) is 1.33. The molecule has 30 heavy (non-hydrogen) atoms. The quantitative estimate of drug-likeness (QED) is 0.505. The van der Waals surface area contributed by atoms with Gasteiger partial charge in [0, 0.05) is 19.7 Å². The van der Waals surface area contributed by atoms with E-state index in [1.807, 2.05) is 5.32 Å². The third kappa shape index (κ3) is 5.82. The lowest BCUT2D eigenvalue weighted by molar-refractivity contribution is -0.141. The van der Waals surface area contributed by atoms with Crippen molar-refractivity contribution in [2.45, 2.75) is 25.5 Å². The molecule has 0 spiro atoms. The first-order valence-electron chi connectivity index (χ1n) is 7.79. The number of hydrogen-bond donors (Lipinski definition) is 2. The lowest BCUT2D eigenvalue weighted by Crippen LogP contribution is -2.43. The molecule has 0 saturated carbocycles. The van der Waals surface area contributed by atoms with Crippen molar-refractivity contribution in [3.63, 3.8) is 0 Å². The molecule has 0 fully saturated rings. The topological polar surface area (TPSA) is 109 Å². The van der Waals surface area contributed by atoms with Crippen LogP contribution in [-0.4, -0.2) is 56.6 Å². The molecule has 2 rings (SSSR count). The Morgan fingerprint density at radius 2 is 1.97 bits per heavy atom. The van der Waals surface area contributed by atoms with E-state index in [2.05, 4.69) is 10.1 Å². The van der Waals surface area contributed by atoms with Gasteiger partial charge in [0.05, 0.1) is 18.8 Å². The number of alkyl halides is 6. The predicted molar refractivity (Wildman–Crippen MR) is 88.7 cm³/mol. The van der Waals surface area contributed by atoms with Crippen molar-refractivity contribution in [2.75, 3.05) is 13.7 Å². The van der Waals surface area contributed by atoms with Crippen LogP contribution in [-0.2, 0) is 24.1 Å². The zero-order chi connectivity index (χ0) is 22.7. The fourth-order valence-electron chi connectivity index (χ4n) is 2.19. The lowest BCUT2D eigenvalue weighted by Gasteiger charge is -2.18. The number of halogens is 6. The molecule has 3 amide bonds. The van der Waals surface area contributed by atoms with E-state index in [4.69, 9.17) is 4.74 Å². The van der Waals surface area contributed by atoms with E-state index in [1.54, 1.807) is 0 Å². The van der Waals surface area contributed by atoms with E-state index in [1.165, 1.54) is 7.11 Å². The van der Waals surface area contributed by atoms with Crippen molar-refractivity contribution in [3.05, 3.63) is 28.5 Å². The van der Waals surface area contributed by atoms with Gasteiger partial charge < -0.3 is 15.2 Å². The van der Waals surface area contributed by atoms with Gasteiger partial charge in [0.2, 0.25) is 4.96 Å². The fourth-order valence-corrected chi connectivity index (χ4v) is 3.08. The van der Waals surface area contributed by atoms with Crippen LogP contribution in [0.15, 0.2) is 12.2 Å². The molecule has 0 unspecified atom stereocenters. The van der Waals surface area contributed by atoms with Gasteiger partial charge in [-0.05, 0) is 0 Å². The summed E-state index contributed by atoms with van der Waals surface area (Å²) in [6, 6.07) is -1.43. The number of amides is 3. The van der Waals surface area contributed by atoms with Crippen LogP contribution < -0.4 is 5.32 Å². The van der Waals surface area contributed by atoms with Crippen molar-refractivity contribution in [1.82, 2.24) is 24.8 Å². The number of carbonyl (C=O) groups is 2. The Morgan fingerprint density at radius 1 is 1.30 bits per heavy atom. The molecule has 0 aliphatic rings. The van der Waals surface area contributed by atoms with Crippen LogP contribution in [0.1, 0.15) is 16.4 Å². The van der Waals surface area contributed by atoms with E-state index in [-0.39, 0.29) is 27.6 Å². The van der Waals surface area contributed by atoms with E-state index >= 15 is 0 Å². The van der Waals surface area contributed by atoms with Gasteiger partial charge in [0.1, 0.15) is 5.01 Å². The molecular weight excluding hydrogens is 448 g/mol. The van der Waals surface area contributed by atoms with Crippen LogP contribution >= 0.6 is 11.3 Å². The third-order valence-corrected chi connectivity index (χ3v) is 4.22. The highest BCUT2D eigenvalue weighted by Gasteiger charge is 2.40. The number of imide groups is 1. The molecular formula is C14H13F6N5O4S. The van der Waals surface area contributed by atoms with Gasteiger partial charge in [-0.1, -0.05) is 17.4 Å². The van der Waals surface area contributed by atoms with Gasteiger partial charge in [-0.2, -0.15) is 31.4 Å². The summed E-state index contributed by atoms with van der Waals surface area (Å²) < 4.78 is 81.7. The SMILES string of the molecule is COCc1nn2c(CN(C(=O)O)C(=O)NC/C=C/C(F)(F)F)c(C(F)(F)F)nc2s1. The number of carbonyl (C=O) groups excluding carboxylic acids is 1. The van der Waals surface area contributed by atoms with Crippen LogP contribution in [0, 0.1) is 0 Å². The number of hydrogen-bond acceptors (Lipinski definition) is 6. The van der Waals surface area contributed by atoms with Crippen LogP contribution in [0.3, 0.4) is 0 Å². The number of fused-ring (bicyclic) bond motifs is 1. The summed E-state index contributed by atoms with van der Waals surface area (Å²) in [4.78, 5) is 26.6. The summed E-state index contributed by atoms with van der Waals surface area (Å²) in [5.74, 6) is 0. The van der Waals surface area contributed by atoms with Crippen molar-refractivity contribution in [3.8, 4) is 0 Å². The molecule has 0 radical (unpaired) electrons. The number of ether oxygens (including phenoxy) is 1. The summed E-state index contributed by atoms with van der Waals surface area (Å²) >= 11 is 0.770. The maximum Gasteiger partial charge on any atom is 0.435 e. The number of rotatable bonds is 6. The van der Waals surface area contributed by atoms with Gasteiger partial charge in [-0.3, -0.25) is 0 Å². The average Bonchev–Trinajstić information content (AvgIpc) is 3.13. The Kier molecular flexibility index (Phi) is 6.91. The van der Waals surface area contributed by atoms with Crippen molar-refractivity contribution in [2.24, 2.45) is 0 Å². The number of imidazole rings is 1. The van der Waals surface area contributed by atoms with Crippen molar-refractivity contribution >= 4 is 28.4 Å². The van der Waals surface area contributed by atoms with Crippen LogP contribution in [0.2, 0.25) is 0 Å². The molecule has 0 atom stereocenters. The Morgan fingerprint density at radius 3 is 2.50 bits per heavy atom. The minimum atomic E-state index is -4.97. The first-order chi connectivity index (χ1) is 13.8.